The van der Waals surface area contributed by atoms with Gasteiger partial charge in [-0.15, -0.1) is 0 Å². The molecule has 0 unspecified atom stereocenters. The van der Waals surface area contributed by atoms with E-state index in [1.807, 2.05) is 37.4 Å². The minimum Gasteiger partial charge on any atom is -0.497 e. The van der Waals surface area contributed by atoms with Gasteiger partial charge in [-0.2, -0.15) is 0 Å². The zero-order valence-corrected chi connectivity index (χ0v) is 8.86. The van der Waals surface area contributed by atoms with Gasteiger partial charge in [0, 0.05) is 18.1 Å². The second-order valence-electron chi connectivity index (χ2n) is 3.36. The normalized spacial score (nSPS) is 10.5. The number of nitrogens with zero attached hydrogens (tertiary/aromatic N) is 1. The Labute approximate surface area is 87.9 Å². The maximum absolute atomic E-state index is 11.9. The van der Waals surface area contributed by atoms with Gasteiger partial charge in [-0.05, 0) is 36.6 Å². The Morgan fingerprint density at radius 1 is 1.33 bits per heavy atom. The standard InChI is InChI=1S/C12H13NO2/c1-3-13-7-6-9-8-10(15-2)4-5-11(9)12(13)14/h4-8H,3H2,1-2H3. The van der Waals surface area contributed by atoms with Crippen LogP contribution in [0, 0.1) is 0 Å². The minimum atomic E-state index is 0.0534. The van der Waals surface area contributed by atoms with Crippen molar-refractivity contribution < 1.29 is 4.74 Å². The topological polar surface area (TPSA) is 31.2 Å². The number of hydrogen-bond acceptors (Lipinski definition) is 2. The molecule has 0 atom stereocenters. The van der Waals surface area contributed by atoms with Crippen LogP contribution in [0.15, 0.2) is 35.3 Å². The minimum absolute atomic E-state index is 0.0534. The molecule has 1 aromatic heterocycles. The molecule has 0 radical (unpaired) electrons. The van der Waals surface area contributed by atoms with Crippen molar-refractivity contribution >= 4 is 10.8 Å². The van der Waals surface area contributed by atoms with E-state index >= 15 is 0 Å². The van der Waals surface area contributed by atoms with Crippen molar-refractivity contribution in [3.05, 3.63) is 40.8 Å². The second-order valence-corrected chi connectivity index (χ2v) is 3.36. The summed E-state index contributed by atoms with van der Waals surface area (Å²) in [5.74, 6) is 0.774. The van der Waals surface area contributed by atoms with Crippen LogP contribution in [0.25, 0.3) is 10.8 Å². The van der Waals surface area contributed by atoms with Crippen molar-refractivity contribution in [2.24, 2.45) is 0 Å². The molecule has 78 valence electrons. The zero-order valence-electron chi connectivity index (χ0n) is 8.86. The lowest BCUT2D eigenvalue weighted by Crippen LogP contribution is -2.18. The lowest BCUT2D eigenvalue weighted by atomic mass is 10.1. The number of rotatable bonds is 2. The Hall–Kier alpha value is -1.77. The number of hydrogen-bond donors (Lipinski definition) is 0. The molecule has 2 rings (SSSR count). The van der Waals surface area contributed by atoms with E-state index in [0.29, 0.717) is 6.54 Å². The third kappa shape index (κ3) is 1.61. The van der Waals surface area contributed by atoms with Crippen LogP contribution in [0.3, 0.4) is 0 Å². The molecule has 0 spiro atoms. The highest BCUT2D eigenvalue weighted by molar-refractivity contribution is 5.82. The van der Waals surface area contributed by atoms with Crippen LogP contribution in [-0.2, 0) is 6.54 Å². The highest BCUT2D eigenvalue weighted by Gasteiger charge is 2.02. The van der Waals surface area contributed by atoms with Gasteiger partial charge in [0.2, 0.25) is 0 Å². The molecule has 0 saturated carbocycles. The fourth-order valence-electron chi connectivity index (χ4n) is 1.64. The van der Waals surface area contributed by atoms with E-state index in [2.05, 4.69) is 0 Å². The Kier molecular flexibility index (Phi) is 2.46. The first-order valence-electron chi connectivity index (χ1n) is 4.93. The van der Waals surface area contributed by atoms with Crippen LogP contribution >= 0.6 is 0 Å². The third-order valence-corrected chi connectivity index (χ3v) is 2.52. The maximum Gasteiger partial charge on any atom is 0.258 e. The first-order valence-corrected chi connectivity index (χ1v) is 4.93. The summed E-state index contributed by atoms with van der Waals surface area (Å²) < 4.78 is 6.80. The molecule has 0 aliphatic carbocycles. The molecule has 1 heterocycles. The molecule has 0 aliphatic heterocycles. The molecule has 0 saturated heterocycles. The van der Waals surface area contributed by atoms with Crippen molar-refractivity contribution in [1.29, 1.82) is 0 Å². The van der Waals surface area contributed by atoms with Gasteiger partial charge in [0.05, 0.1) is 7.11 Å². The van der Waals surface area contributed by atoms with Gasteiger partial charge in [-0.3, -0.25) is 4.79 Å². The van der Waals surface area contributed by atoms with Crippen LogP contribution in [-0.4, -0.2) is 11.7 Å². The molecule has 15 heavy (non-hydrogen) atoms. The number of pyridine rings is 1. The number of aryl methyl sites for hydroxylation is 1. The fraction of sp³-hybridized carbons (Fsp3) is 0.250. The summed E-state index contributed by atoms with van der Waals surface area (Å²) in [4.78, 5) is 11.9. The van der Waals surface area contributed by atoms with Crippen molar-refractivity contribution in [1.82, 2.24) is 4.57 Å². The second kappa shape index (κ2) is 3.77. The SMILES string of the molecule is CCn1ccc2cc(OC)ccc2c1=O. The number of ether oxygens (including phenoxy) is 1. The molecule has 1 aromatic carbocycles. The molecule has 3 nitrogen and oxygen atoms in total. The van der Waals surface area contributed by atoms with Gasteiger partial charge >= 0.3 is 0 Å². The van der Waals surface area contributed by atoms with Crippen molar-refractivity contribution in [3.63, 3.8) is 0 Å². The summed E-state index contributed by atoms with van der Waals surface area (Å²) in [6, 6.07) is 7.42. The van der Waals surface area contributed by atoms with E-state index in [1.54, 1.807) is 11.7 Å². The molecular weight excluding hydrogens is 190 g/mol. The Bertz CT molecular complexity index is 543. The third-order valence-electron chi connectivity index (χ3n) is 2.52. The van der Waals surface area contributed by atoms with Gasteiger partial charge in [-0.1, -0.05) is 0 Å². The summed E-state index contributed by atoms with van der Waals surface area (Å²) in [5, 5.41) is 1.66. The van der Waals surface area contributed by atoms with Gasteiger partial charge in [0.15, 0.2) is 0 Å². The molecule has 0 aliphatic rings. The Morgan fingerprint density at radius 2 is 2.13 bits per heavy atom. The van der Waals surface area contributed by atoms with Crippen LogP contribution in [0.2, 0.25) is 0 Å². The first kappa shape index (κ1) is 9.77. The van der Waals surface area contributed by atoms with Crippen LogP contribution in [0.4, 0.5) is 0 Å². The lowest BCUT2D eigenvalue weighted by Gasteiger charge is -2.05. The van der Waals surface area contributed by atoms with Crippen molar-refractivity contribution in [3.8, 4) is 5.75 Å². The van der Waals surface area contributed by atoms with Crippen LogP contribution < -0.4 is 10.3 Å². The van der Waals surface area contributed by atoms with Gasteiger partial charge in [-0.25, -0.2) is 0 Å². The van der Waals surface area contributed by atoms with E-state index in [0.717, 1.165) is 16.5 Å². The highest BCUT2D eigenvalue weighted by Crippen LogP contribution is 2.17. The van der Waals surface area contributed by atoms with Crippen LogP contribution in [0.1, 0.15) is 6.92 Å². The predicted octanol–water partition coefficient (Wildman–Crippen LogP) is 2.03. The molecular formula is C12H13NO2. The quantitative estimate of drug-likeness (QED) is 0.747. The summed E-state index contributed by atoms with van der Waals surface area (Å²) in [5.41, 5.74) is 0.0534. The summed E-state index contributed by atoms with van der Waals surface area (Å²) >= 11 is 0. The fourth-order valence-corrected chi connectivity index (χ4v) is 1.64. The number of methoxy groups -OCH3 is 1. The van der Waals surface area contributed by atoms with Gasteiger partial charge < -0.3 is 9.30 Å². The molecule has 0 bridgehead atoms. The summed E-state index contributed by atoms with van der Waals surface area (Å²) in [7, 11) is 1.62. The van der Waals surface area contributed by atoms with Gasteiger partial charge in [0.1, 0.15) is 5.75 Å². The predicted molar refractivity (Wildman–Crippen MR) is 60.4 cm³/mol. The van der Waals surface area contributed by atoms with E-state index in [-0.39, 0.29) is 5.56 Å². The zero-order chi connectivity index (χ0) is 10.8. The van der Waals surface area contributed by atoms with Crippen LogP contribution in [0.5, 0.6) is 5.75 Å². The average molecular weight is 203 g/mol. The summed E-state index contributed by atoms with van der Waals surface area (Å²) in [6.07, 6.45) is 1.81. The Morgan fingerprint density at radius 3 is 2.80 bits per heavy atom. The van der Waals surface area contributed by atoms with Gasteiger partial charge in [0.25, 0.3) is 5.56 Å². The number of benzene rings is 1. The highest BCUT2D eigenvalue weighted by atomic mass is 16.5. The maximum atomic E-state index is 11.9. The lowest BCUT2D eigenvalue weighted by molar-refractivity contribution is 0.415. The summed E-state index contributed by atoms with van der Waals surface area (Å²) in [6.45, 7) is 2.65. The molecule has 0 fully saturated rings. The molecule has 0 N–H and O–H groups in total. The van der Waals surface area contributed by atoms with E-state index in [9.17, 15) is 4.79 Å². The molecule has 2 aromatic rings. The average Bonchev–Trinajstić information content (AvgIpc) is 2.29. The first-order chi connectivity index (χ1) is 7.26. The smallest absolute Gasteiger partial charge is 0.258 e. The van der Waals surface area contributed by atoms with Crippen molar-refractivity contribution in [2.45, 2.75) is 13.5 Å². The number of aromatic nitrogens is 1. The number of fused-ring (bicyclic) bond motifs is 1. The van der Waals surface area contributed by atoms with E-state index < -0.39 is 0 Å². The monoisotopic (exact) mass is 203 g/mol. The molecule has 0 amide bonds. The van der Waals surface area contributed by atoms with E-state index in [4.69, 9.17) is 4.74 Å². The Balaban J connectivity index is 2.74. The molecule has 3 heteroatoms. The largest absolute Gasteiger partial charge is 0.497 e. The van der Waals surface area contributed by atoms with Crippen molar-refractivity contribution in [2.75, 3.05) is 7.11 Å². The van der Waals surface area contributed by atoms with E-state index in [1.165, 1.54) is 0 Å².